The highest BCUT2D eigenvalue weighted by Crippen LogP contribution is 2.23. The Kier molecular flexibility index (Phi) is 12.4. The Morgan fingerprint density at radius 2 is 1.76 bits per heavy atom. The first-order valence-electron chi connectivity index (χ1n) is 12.0. The number of hydroxylamine groups is 2. The zero-order valence-corrected chi connectivity index (χ0v) is 22.3. The highest BCUT2D eigenvalue weighted by atomic mass is 16.9. The number of aliphatic carboxylic acids is 1. The van der Waals surface area contributed by atoms with Crippen LogP contribution in [0.15, 0.2) is 0 Å². The quantitative estimate of drug-likeness (QED) is 0.122. The molecule has 212 valence electrons. The number of hydrogen-bond donors (Lipinski definition) is 2. The monoisotopic (exact) mass is 535 g/mol. The minimum atomic E-state index is -3.05. The molecule has 1 rings (SSSR count). The van der Waals surface area contributed by atoms with Crippen LogP contribution >= 0.6 is 0 Å². The number of carboxylic acids is 1. The number of nitrogens with zero attached hydrogens (tertiary/aromatic N) is 2. The van der Waals surface area contributed by atoms with Crippen molar-refractivity contribution in [2.45, 2.75) is 64.6 Å². The number of carbonyl (C=O) groups excluding carboxylic acids is 4. The third-order valence-electron chi connectivity index (χ3n) is 5.07. The van der Waals surface area contributed by atoms with Gasteiger partial charge in [-0.2, -0.15) is 0 Å². The van der Waals surface area contributed by atoms with E-state index >= 15 is 0 Å². The van der Waals surface area contributed by atoms with Gasteiger partial charge in [0.15, 0.2) is 12.7 Å². The zero-order chi connectivity index (χ0) is 28.4. The number of esters is 3. The lowest BCUT2D eigenvalue weighted by Gasteiger charge is -2.30. The maximum absolute atomic E-state index is 12.8. The van der Waals surface area contributed by atoms with E-state index in [-0.39, 0.29) is 38.3 Å². The summed E-state index contributed by atoms with van der Waals surface area (Å²) in [7, 11) is 5.56. The van der Waals surface area contributed by atoms with Crippen LogP contribution in [0.1, 0.15) is 46.5 Å². The van der Waals surface area contributed by atoms with Crippen molar-refractivity contribution in [1.82, 2.24) is 5.06 Å². The minimum absolute atomic E-state index is 0.0306. The summed E-state index contributed by atoms with van der Waals surface area (Å²) in [6.45, 7) is 4.44. The van der Waals surface area contributed by atoms with Crippen LogP contribution in [0.2, 0.25) is 0 Å². The second-order valence-electron chi connectivity index (χ2n) is 10.0. The number of ether oxygens (including phenoxy) is 4. The first kappa shape index (κ1) is 32.2. The number of aliphatic hydroxyl groups is 1. The van der Waals surface area contributed by atoms with Crippen molar-refractivity contribution in [3.05, 3.63) is 0 Å². The van der Waals surface area contributed by atoms with Crippen molar-refractivity contribution in [3.8, 4) is 0 Å². The molecule has 0 radical (unpaired) electrons. The van der Waals surface area contributed by atoms with E-state index in [9.17, 15) is 29.1 Å². The molecule has 0 amide bonds. The lowest BCUT2D eigenvalue weighted by Crippen LogP contribution is -2.52. The molecule has 0 spiro atoms. The fourth-order valence-corrected chi connectivity index (χ4v) is 3.09. The van der Waals surface area contributed by atoms with Gasteiger partial charge in [0, 0.05) is 13.0 Å². The number of rotatable bonds is 15. The summed E-state index contributed by atoms with van der Waals surface area (Å²) in [5.41, 5.74) is 0. The van der Waals surface area contributed by atoms with Crippen molar-refractivity contribution < 1.29 is 62.5 Å². The third kappa shape index (κ3) is 11.4. The van der Waals surface area contributed by atoms with Gasteiger partial charge in [0.1, 0.15) is 19.2 Å². The number of hydrogen-bond acceptors (Lipinski definition) is 12. The van der Waals surface area contributed by atoms with Crippen LogP contribution < -0.4 is 0 Å². The van der Waals surface area contributed by atoms with Gasteiger partial charge in [0.05, 0.1) is 21.1 Å². The molecule has 1 fully saturated rings. The van der Waals surface area contributed by atoms with Crippen molar-refractivity contribution in [2.24, 2.45) is 5.92 Å². The lowest BCUT2D eigenvalue weighted by molar-refractivity contribution is -0.871. The van der Waals surface area contributed by atoms with Crippen LogP contribution in [0.3, 0.4) is 0 Å². The fraction of sp³-hybridized carbons (Fsp3) is 0.783. The van der Waals surface area contributed by atoms with Crippen molar-refractivity contribution in [2.75, 3.05) is 47.4 Å². The first-order chi connectivity index (χ1) is 17.1. The first-order valence-corrected chi connectivity index (χ1v) is 12.0. The van der Waals surface area contributed by atoms with Gasteiger partial charge in [-0.25, -0.2) is 14.4 Å². The summed E-state index contributed by atoms with van der Waals surface area (Å²) < 4.78 is 20.2. The molecule has 0 aromatic heterocycles. The molecule has 2 unspecified atom stereocenters. The summed E-state index contributed by atoms with van der Waals surface area (Å²) in [6, 6.07) is -1.12. The minimum Gasteiger partial charge on any atom is -0.479 e. The molecule has 1 aliphatic heterocycles. The number of likely N-dealkylation sites (N-methyl/N-ethyl adjacent to an activating group) is 1. The Balaban J connectivity index is 2.83. The second-order valence-corrected chi connectivity index (χ2v) is 10.0. The second kappa shape index (κ2) is 14.2. The molecule has 14 heteroatoms. The van der Waals surface area contributed by atoms with E-state index in [1.54, 1.807) is 13.8 Å². The van der Waals surface area contributed by atoms with Crippen LogP contribution in [0.4, 0.5) is 0 Å². The molecule has 0 aromatic carbocycles. The van der Waals surface area contributed by atoms with Gasteiger partial charge < -0.3 is 38.5 Å². The summed E-state index contributed by atoms with van der Waals surface area (Å²) in [4.78, 5) is 65.5. The predicted octanol–water partition coefficient (Wildman–Crippen LogP) is -0.183. The Labute approximate surface area is 215 Å². The molecule has 37 heavy (non-hydrogen) atoms. The average Bonchev–Trinajstić information content (AvgIpc) is 3.22. The van der Waals surface area contributed by atoms with E-state index in [1.165, 1.54) is 6.92 Å². The average molecular weight is 536 g/mol. The fourth-order valence-electron chi connectivity index (χ4n) is 3.09. The molecular formula is C23H39N2O12+. The van der Waals surface area contributed by atoms with Crippen LogP contribution in [-0.4, -0.2) is 115 Å². The van der Waals surface area contributed by atoms with E-state index in [0.717, 1.165) is 5.06 Å². The largest absolute Gasteiger partial charge is 0.479 e. The molecule has 3 atom stereocenters. The number of carboxylic acid groups (broad SMARTS) is 1. The molecule has 14 nitrogen and oxygen atoms in total. The van der Waals surface area contributed by atoms with Crippen LogP contribution in [0.5, 0.6) is 0 Å². The molecule has 1 heterocycles. The Bertz CT molecular complexity index is 825. The molecule has 0 saturated carbocycles. The molecule has 1 saturated heterocycles. The number of quaternary nitrogens is 1. The summed E-state index contributed by atoms with van der Waals surface area (Å²) in [5.74, 6) is -8.83. The Morgan fingerprint density at radius 3 is 2.30 bits per heavy atom. The van der Waals surface area contributed by atoms with Gasteiger partial charge >= 0.3 is 35.8 Å². The van der Waals surface area contributed by atoms with Gasteiger partial charge in [0.25, 0.3) is 0 Å². The standard InChI is InChI=1S/C23H38N2O12/c1-7-17(20(28)29)35-19(27)14-33-21(30)16-9-8-10-24(16)37-22(31)23(32,34-12-11-25(4,5)6)36-18(26)13-15(2)3/h15-17,32H,7-14H2,1-6H3/p+1/t16-,17?,23?/m0/s1. The zero-order valence-electron chi connectivity index (χ0n) is 22.3. The lowest BCUT2D eigenvalue weighted by atomic mass is 10.1. The smallest absolute Gasteiger partial charge is 0.433 e. The topological polar surface area (TPSA) is 175 Å². The van der Waals surface area contributed by atoms with Gasteiger partial charge in [-0.3, -0.25) is 9.59 Å². The maximum Gasteiger partial charge on any atom is 0.433 e. The van der Waals surface area contributed by atoms with Gasteiger partial charge in [-0.05, 0) is 25.2 Å². The van der Waals surface area contributed by atoms with Crippen LogP contribution in [0.25, 0.3) is 0 Å². The molecule has 1 aliphatic rings. The van der Waals surface area contributed by atoms with E-state index in [1.807, 2.05) is 21.1 Å². The normalized spacial score (nSPS) is 18.5. The van der Waals surface area contributed by atoms with E-state index < -0.39 is 54.6 Å². The highest BCUT2D eigenvalue weighted by molar-refractivity contribution is 5.83. The van der Waals surface area contributed by atoms with Crippen molar-refractivity contribution in [1.29, 1.82) is 0 Å². The highest BCUT2D eigenvalue weighted by Gasteiger charge is 2.48. The molecular weight excluding hydrogens is 496 g/mol. The summed E-state index contributed by atoms with van der Waals surface area (Å²) in [6.07, 6.45) is -0.833. The maximum atomic E-state index is 12.8. The molecule has 0 aromatic rings. The predicted molar refractivity (Wildman–Crippen MR) is 124 cm³/mol. The number of carbonyl (C=O) groups is 5. The summed E-state index contributed by atoms with van der Waals surface area (Å²) in [5, 5.41) is 20.7. The van der Waals surface area contributed by atoms with Gasteiger partial charge in [0.2, 0.25) is 0 Å². The van der Waals surface area contributed by atoms with E-state index in [0.29, 0.717) is 17.4 Å². The summed E-state index contributed by atoms with van der Waals surface area (Å²) >= 11 is 0. The Hall–Kier alpha value is -2.81. The van der Waals surface area contributed by atoms with Crippen LogP contribution in [0, 0.1) is 5.92 Å². The van der Waals surface area contributed by atoms with E-state index in [2.05, 4.69) is 0 Å². The third-order valence-corrected chi connectivity index (χ3v) is 5.07. The molecule has 0 bridgehead atoms. The molecule has 0 aliphatic carbocycles. The van der Waals surface area contributed by atoms with Crippen molar-refractivity contribution in [3.63, 3.8) is 0 Å². The van der Waals surface area contributed by atoms with E-state index in [4.69, 9.17) is 28.9 Å². The molecule has 2 N–H and O–H groups in total. The van der Waals surface area contributed by atoms with Crippen molar-refractivity contribution >= 4 is 29.8 Å². The van der Waals surface area contributed by atoms with Crippen LogP contribution in [-0.2, 0) is 47.8 Å². The SMILES string of the molecule is CCC(OC(=O)COC(=O)[C@@H]1CCCN1OC(=O)C(O)(OCC[N+](C)(C)C)OC(=O)CC(C)C)C(=O)O. The van der Waals surface area contributed by atoms with Gasteiger partial charge in [-0.1, -0.05) is 20.8 Å². The van der Waals surface area contributed by atoms with Gasteiger partial charge in [-0.15, -0.1) is 5.06 Å². The Morgan fingerprint density at radius 1 is 1.11 bits per heavy atom.